The Kier molecular flexibility index (Phi) is 4.10. The molecule has 1 aliphatic rings. The van der Waals surface area contributed by atoms with Gasteiger partial charge in [0.2, 0.25) is 0 Å². The zero-order chi connectivity index (χ0) is 16.4. The Labute approximate surface area is 140 Å². The summed E-state index contributed by atoms with van der Waals surface area (Å²) in [5, 5.41) is 7.56. The van der Waals surface area contributed by atoms with Gasteiger partial charge in [-0.05, 0) is 24.7 Å². The topological polar surface area (TPSA) is 72.0 Å². The van der Waals surface area contributed by atoms with E-state index in [4.69, 9.17) is 4.52 Å². The molecular formula is C17H20N6O. The summed E-state index contributed by atoms with van der Waals surface area (Å²) in [6, 6.07) is 8.34. The van der Waals surface area contributed by atoms with Crippen LogP contribution in [0.2, 0.25) is 0 Å². The molecule has 0 bridgehead atoms. The van der Waals surface area contributed by atoms with Gasteiger partial charge in [0.25, 0.3) is 5.89 Å². The van der Waals surface area contributed by atoms with Gasteiger partial charge in [-0.1, -0.05) is 17.3 Å². The lowest BCUT2D eigenvalue weighted by atomic mass is 10.1. The van der Waals surface area contributed by atoms with E-state index in [1.165, 1.54) is 5.56 Å². The Morgan fingerprint density at radius 3 is 3.17 bits per heavy atom. The highest BCUT2D eigenvalue weighted by molar-refractivity contribution is 5.54. The number of likely N-dealkylation sites (N-methyl/N-ethyl adjacent to an activating group) is 1. The fraction of sp³-hybridized carbons (Fsp3) is 0.353. The van der Waals surface area contributed by atoms with E-state index in [9.17, 15) is 0 Å². The second kappa shape index (κ2) is 6.54. The summed E-state index contributed by atoms with van der Waals surface area (Å²) in [6.07, 6.45) is 5.54. The largest absolute Gasteiger partial charge is 0.334 e. The average Bonchev–Trinajstić information content (AvgIpc) is 3.27. The predicted octanol–water partition coefficient (Wildman–Crippen LogP) is 1.56. The van der Waals surface area contributed by atoms with Crippen LogP contribution in [0.25, 0.3) is 11.5 Å². The third-order valence-electron chi connectivity index (χ3n) is 4.35. The molecule has 24 heavy (non-hydrogen) atoms. The van der Waals surface area contributed by atoms with Gasteiger partial charge in [-0.25, -0.2) is 4.98 Å². The van der Waals surface area contributed by atoms with Crippen molar-refractivity contribution in [2.45, 2.75) is 12.6 Å². The third kappa shape index (κ3) is 3.08. The molecule has 2 aromatic heterocycles. The second-order valence-electron chi connectivity index (χ2n) is 6.09. The fourth-order valence-corrected chi connectivity index (χ4v) is 2.98. The number of nitrogens with zero attached hydrogens (tertiary/aromatic N) is 5. The number of aromatic nitrogens is 4. The lowest BCUT2D eigenvalue weighted by molar-refractivity contribution is 0.190. The van der Waals surface area contributed by atoms with Crippen molar-refractivity contribution in [3.05, 3.63) is 54.4 Å². The van der Waals surface area contributed by atoms with Crippen molar-refractivity contribution >= 4 is 0 Å². The molecule has 3 aromatic rings. The van der Waals surface area contributed by atoms with E-state index < -0.39 is 0 Å². The molecule has 7 nitrogen and oxygen atoms in total. The molecule has 4 rings (SSSR count). The van der Waals surface area contributed by atoms with Gasteiger partial charge in [-0.15, -0.1) is 0 Å². The molecule has 1 aromatic carbocycles. The number of benzene rings is 1. The van der Waals surface area contributed by atoms with Gasteiger partial charge in [0, 0.05) is 44.1 Å². The quantitative estimate of drug-likeness (QED) is 0.785. The van der Waals surface area contributed by atoms with Gasteiger partial charge in [0.1, 0.15) is 0 Å². The van der Waals surface area contributed by atoms with Crippen LogP contribution < -0.4 is 5.32 Å². The first kappa shape index (κ1) is 15.0. The Hall–Kier alpha value is -2.51. The van der Waals surface area contributed by atoms with E-state index in [0.29, 0.717) is 5.89 Å². The van der Waals surface area contributed by atoms with E-state index in [0.717, 1.165) is 37.6 Å². The fourth-order valence-electron chi connectivity index (χ4n) is 2.98. The summed E-state index contributed by atoms with van der Waals surface area (Å²) in [4.78, 5) is 10.9. The van der Waals surface area contributed by atoms with Crippen LogP contribution in [0.4, 0.5) is 0 Å². The summed E-state index contributed by atoms with van der Waals surface area (Å²) < 4.78 is 7.54. The Morgan fingerprint density at radius 2 is 2.33 bits per heavy atom. The number of imidazole rings is 1. The average molecular weight is 324 g/mol. The molecule has 0 spiro atoms. The molecule has 1 saturated heterocycles. The van der Waals surface area contributed by atoms with Crippen LogP contribution in [-0.4, -0.2) is 51.3 Å². The van der Waals surface area contributed by atoms with Crippen LogP contribution in [0.15, 0.2) is 47.5 Å². The minimum Gasteiger partial charge on any atom is -0.334 e. The number of rotatable bonds is 4. The first-order valence-electron chi connectivity index (χ1n) is 8.09. The molecule has 1 atom stereocenters. The Balaban J connectivity index is 1.56. The predicted molar refractivity (Wildman–Crippen MR) is 89.3 cm³/mol. The molecular weight excluding hydrogens is 304 g/mol. The zero-order valence-corrected chi connectivity index (χ0v) is 13.6. The number of hydrogen-bond acceptors (Lipinski definition) is 6. The maximum atomic E-state index is 5.51. The molecule has 0 amide bonds. The van der Waals surface area contributed by atoms with Gasteiger partial charge < -0.3 is 14.4 Å². The first-order chi connectivity index (χ1) is 11.8. The Morgan fingerprint density at radius 1 is 1.38 bits per heavy atom. The van der Waals surface area contributed by atoms with Gasteiger partial charge in [0.15, 0.2) is 5.82 Å². The smallest absolute Gasteiger partial charge is 0.257 e. The van der Waals surface area contributed by atoms with Gasteiger partial charge in [-0.2, -0.15) is 4.98 Å². The molecule has 0 radical (unpaired) electrons. The monoisotopic (exact) mass is 324 g/mol. The van der Waals surface area contributed by atoms with E-state index in [1.54, 1.807) is 6.20 Å². The highest BCUT2D eigenvalue weighted by Gasteiger charge is 2.25. The number of nitrogens with one attached hydrogen (secondary N) is 1. The lowest BCUT2D eigenvalue weighted by Crippen LogP contribution is -2.44. The first-order valence-corrected chi connectivity index (χ1v) is 8.09. The van der Waals surface area contributed by atoms with Crippen LogP contribution in [0.3, 0.4) is 0 Å². The molecule has 0 aliphatic carbocycles. The molecule has 7 heteroatoms. The number of piperazine rings is 1. The molecule has 3 heterocycles. The summed E-state index contributed by atoms with van der Waals surface area (Å²) in [5.74, 6) is 1.30. The van der Waals surface area contributed by atoms with Crippen LogP contribution in [0, 0.1) is 0 Å². The SMILES string of the molecule is CN1CCNCC1c1noc(-c2cccc(Cn3ccnc3)c2)n1. The van der Waals surface area contributed by atoms with Crippen molar-refractivity contribution in [3.63, 3.8) is 0 Å². The van der Waals surface area contributed by atoms with Crippen molar-refractivity contribution < 1.29 is 4.52 Å². The molecule has 0 saturated carbocycles. The van der Waals surface area contributed by atoms with E-state index >= 15 is 0 Å². The summed E-state index contributed by atoms with van der Waals surface area (Å²) in [7, 11) is 2.09. The lowest BCUT2D eigenvalue weighted by Gasteiger charge is -2.30. The minimum absolute atomic E-state index is 0.158. The van der Waals surface area contributed by atoms with Crippen LogP contribution in [0.5, 0.6) is 0 Å². The standard InChI is InChI=1S/C17H20N6O/c1-22-7-5-18-10-15(22)16-20-17(24-21-16)14-4-2-3-13(9-14)11-23-8-6-19-12-23/h2-4,6,8-9,12,15,18H,5,7,10-11H2,1H3. The van der Waals surface area contributed by atoms with Gasteiger partial charge in [-0.3, -0.25) is 4.90 Å². The van der Waals surface area contributed by atoms with Gasteiger partial charge >= 0.3 is 0 Å². The molecule has 124 valence electrons. The van der Waals surface area contributed by atoms with Crippen molar-refractivity contribution in [1.29, 1.82) is 0 Å². The van der Waals surface area contributed by atoms with E-state index in [-0.39, 0.29) is 6.04 Å². The van der Waals surface area contributed by atoms with Crippen molar-refractivity contribution in [2.75, 3.05) is 26.7 Å². The van der Waals surface area contributed by atoms with E-state index in [1.807, 2.05) is 29.2 Å². The minimum atomic E-state index is 0.158. The molecule has 1 fully saturated rings. The van der Waals surface area contributed by atoms with Crippen molar-refractivity contribution in [3.8, 4) is 11.5 Å². The van der Waals surface area contributed by atoms with Crippen LogP contribution >= 0.6 is 0 Å². The maximum Gasteiger partial charge on any atom is 0.257 e. The maximum absolute atomic E-state index is 5.51. The number of hydrogen-bond donors (Lipinski definition) is 1. The highest BCUT2D eigenvalue weighted by atomic mass is 16.5. The summed E-state index contributed by atoms with van der Waals surface area (Å²) >= 11 is 0. The second-order valence-corrected chi connectivity index (χ2v) is 6.09. The van der Waals surface area contributed by atoms with Crippen LogP contribution in [0.1, 0.15) is 17.4 Å². The molecule has 1 unspecified atom stereocenters. The third-order valence-corrected chi connectivity index (χ3v) is 4.35. The van der Waals surface area contributed by atoms with Gasteiger partial charge in [0.05, 0.1) is 12.4 Å². The van der Waals surface area contributed by atoms with Crippen LogP contribution in [-0.2, 0) is 6.54 Å². The van der Waals surface area contributed by atoms with Crippen molar-refractivity contribution in [2.24, 2.45) is 0 Å². The molecule has 1 aliphatic heterocycles. The van der Waals surface area contributed by atoms with Crippen molar-refractivity contribution in [1.82, 2.24) is 29.9 Å². The highest BCUT2D eigenvalue weighted by Crippen LogP contribution is 2.23. The van der Waals surface area contributed by atoms with E-state index in [2.05, 4.69) is 44.5 Å². The Bertz CT molecular complexity index is 797. The zero-order valence-electron chi connectivity index (χ0n) is 13.6. The summed E-state index contributed by atoms with van der Waals surface area (Å²) in [5.41, 5.74) is 2.11. The summed E-state index contributed by atoms with van der Waals surface area (Å²) in [6.45, 7) is 3.59. The molecule has 1 N–H and O–H groups in total. The normalized spacial score (nSPS) is 18.8.